The molecule has 4 heteroatoms. The van der Waals surface area contributed by atoms with Crippen LogP contribution >= 0.6 is 0 Å². The van der Waals surface area contributed by atoms with Crippen LogP contribution in [0.4, 0.5) is 0 Å². The van der Waals surface area contributed by atoms with Crippen LogP contribution in [0.5, 0.6) is 0 Å². The number of hydrogen-bond donors (Lipinski definition) is 1. The Morgan fingerprint density at radius 2 is 2.00 bits per heavy atom. The van der Waals surface area contributed by atoms with Crippen molar-refractivity contribution in [3.63, 3.8) is 0 Å². The third-order valence-electron chi connectivity index (χ3n) is 4.31. The Morgan fingerprint density at radius 1 is 1.39 bits per heavy atom. The Labute approximate surface area is 111 Å². The molecule has 0 amide bonds. The smallest absolute Gasteiger partial charge is 0.0521 e. The van der Waals surface area contributed by atoms with E-state index in [9.17, 15) is 0 Å². The van der Waals surface area contributed by atoms with Crippen molar-refractivity contribution in [1.29, 1.82) is 0 Å². The molecule has 1 rings (SSSR count). The molecule has 1 atom stereocenters. The average Bonchev–Trinajstić information content (AvgIpc) is 2.74. The monoisotopic (exact) mass is 252 g/mol. The SMILES string of the molecule is CCC(CC)(C(N)CCc1cnn(C)c1)N(C)C. The molecule has 1 aromatic rings. The minimum absolute atomic E-state index is 0.113. The van der Waals surface area contributed by atoms with E-state index in [0.717, 1.165) is 25.7 Å². The van der Waals surface area contributed by atoms with Gasteiger partial charge in [-0.15, -0.1) is 0 Å². The molecule has 0 spiro atoms. The summed E-state index contributed by atoms with van der Waals surface area (Å²) >= 11 is 0. The van der Waals surface area contributed by atoms with Crippen LogP contribution in [0.1, 0.15) is 38.7 Å². The van der Waals surface area contributed by atoms with E-state index in [2.05, 4.69) is 44.1 Å². The summed E-state index contributed by atoms with van der Waals surface area (Å²) in [4.78, 5) is 2.29. The topological polar surface area (TPSA) is 47.1 Å². The summed E-state index contributed by atoms with van der Waals surface area (Å²) in [6.45, 7) is 4.46. The molecule has 4 nitrogen and oxygen atoms in total. The van der Waals surface area contributed by atoms with Crippen molar-refractivity contribution in [3.05, 3.63) is 18.0 Å². The zero-order chi connectivity index (χ0) is 13.8. The molecule has 1 heterocycles. The van der Waals surface area contributed by atoms with E-state index in [-0.39, 0.29) is 11.6 Å². The van der Waals surface area contributed by atoms with Crippen molar-refractivity contribution in [2.75, 3.05) is 14.1 Å². The Kier molecular flexibility index (Phi) is 5.35. The van der Waals surface area contributed by atoms with Gasteiger partial charge in [0.25, 0.3) is 0 Å². The summed E-state index contributed by atoms with van der Waals surface area (Å²) < 4.78 is 1.85. The fraction of sp³-hybridized carbons (Fsp3) is 0.786. The Bertz CT molecular complexity index is 352. The predicted octanol–water partition coefficient (Wildman–Crippen LogP) is 1.80. The Hall–Kier alpha value is -0.870. The minimum Gasteiger partial charge on any atom is -0.326 e. The van der Waals surface area contributed by atoms with Gasteiger partial charge in [0.2, 0.25) is 0 Å². The zero-order valence-corrected chi connectivity index (χ0v) is 12.5. The second-order valence-electron chi connectivity index (χ2n) is 5.37. The van der Waals surface area contributed by atoms with Gasteiger partial charge in [0.15, 0.2) is 0 Å². The molecule has 0 fully saturated rings. The van der Waals surface area contributed by atoms with Crippen LogP contribution in [0.2, 0.25) is 0 Å². The van der Waals surface area contributed by atoms with Crippen molar-refractivity contribution in [3.8, 4) is 0 Å². The summed E-state index contributed by atoms with van der Waals surface area (Å²) in [6.07, 6.45) is 8.19. The van der Waals surface area contributed by atoms with Gasteiger partial charge in [-0.05, 0) is 45.3 Å². The van der Waals surface area contributed by atoms with Crippen LogP contribution in [-0.4, -0.2) is 40.4 Å². The number of aromatic nitrogens is 2. The van der Waals surface area contributed by atoms with E-state index in [1.807, 2.05) is 17.9 Å². The number of nitrogens with two attached hydrogens (primary N) is 1. The highest BCUT2D eigenvalue weighted by Gasteiger charge is 2.35. The Morgan fingerprint density at radius 3 is 2.39 bits per heavy atom. The third-order valence-corrected chi connectivity index (χ3v) is 4.31. The first-order valence-electron chi connectivity index (χ1n) is 6.86. The lowest BCUT2D eigenvalue weighted by atomic mass is 9.81. The summed E-state index contributed by atoms with van der Waals surface area (Å²) in [7, 11) is 6.22. The molecule has 0 bridgehead atoms. The van der Waals surface area contributed by atoms with Crippen LogP contribution in [0.3, 0.4) is 0 Å². The lowest BCUT2D eigenvalue weighted by Gasteiger charge is -2.43. The summed E-state index contributed by atoms with van der Waals surface area (Å²) in [5, 5.41) is 4.20. The molecule has 0 radical (unpaired) electrons. The van der Waals surface area contributed by atoms with Gasteiger partial charge >= 0.3 is 0 Å². The van der Waals surface area contributed by atoms with Gasteiger partial charge in [-0.25, -0.2) is 0 Å². The standard InChI is InChI=1S/C14H28N4/c1-6-14(7-2,17(3)4)13(15)9-8-12-10-16-18(5)11-12/h10-11,13H,6-9,15H2,1-5H3. The van der Waals surface area contributed by atoms with E-state index in [0.29, 0.717) is 0 Å². The number of nitrogens with zero attached hydrogens (tertiary/aromatic N) is 3. The fourth-order valence-corrected chi connectivity index (χ4v) is 2.93. The maximum Gasteiger partial charge on any atom is 0.0521 e. The first-order valence-corrected chi connectivity index (χ1v) is 6.86. The Balaban J connectivity index is 2.65. The highest BCUT2D eigenvalue weighted by molar-refractivity contribution is 5.05. The predicted molar refractivity (Wildman–Crippen MR) is 76.5 cm³/mol. The summed E-state index contributed by atoms with van der Waals surface area (Å²) in [6, 6.07) is 0.197. The lowest BCUT2D eigenvalue weighted by Crippen LogP contribution is -2.56. The fourth-order valence-electron chi connectivity index (χ4n) is 2.93. The van der Waals surface area contributed by atoms with Crippen LogP contribution in [0.25, 0.3) is 0 Å². The van der Waals surface area contributed by atoms with Gasteiger partial charge in [0.05, 0.1) is 6.20 Å². The van der Waals surface area contributed by atoms with E-state index in [1.165, 1.54) is 5.56 Å². The number of rotatable bonds is 7. The van der Waals surface area contributed by atoms with E-state index in [4.69, 9.17) is 5.73 Å². The molecule has 1 aromatic heterocycles. The quantitative estimate of drug-likeness (QED) is 0.805. The first-order chi connectivity index (χ1) is 8.46. The van der Waals surface area contributed by atoms with Crippen molar-refractivity contribution in [1.82, 2.24) is 14.7 Å². The van der Waals surface area contributed by atoms with Crippen LogP contribution < -0.4 is 5.73 Å². The summed E-state index contributed by atoms with van der Waals surface area (Å²) in [5.74, 6) is 0. The maximum absolute atomic E-state index is 6.46. The van der Waals surface area contributed by atoms with Crippen LogP contribution in [0, 0.1) is 0 Å². The maximum atomic E-state index is 6.46. The van der Waals surface area contributed by atoms with E-state index in [1.54, 1.807) is 0 Å². The number of likely N-dealkylation sites (N-methyl/N-ethyl adjacent to an activating group) is 1. The van der Waals surface area contributed by atoms with Gasteiger partial charge in [0, 0.05) is 24.8 Å². The van der Waals surface area contributed by atoms with Crippen LogP contribution in [-0.2, 0) is 13.5 Å². The molecule has 104 valence electrons. The van der Waals surface area contributed by atoms with Crippen molar-refractivity contribution >= 4 is 0 Å². The van der Waals surface area contributed by atoms with Gasteiger partial charge in [-0.1, -0.05) is 13.8 Å². The highest BCUT2D eigenvalue weighted by Crippen LogP contribution is 2.27. The number of hydrogen-bond acceptors (Lipinski definition) is 3. The lowest BCUT2D eigenvalue weighted by molar-refractivity contribution is 0.102. The van der Waals surface area contributed by atoms with Crippen molar-refractivity contribution in [2.45, 2.75) is 51.1 Å². The summed E-state index contributed by atoms with van der Waals surface area (Å²) in [5.41, 5.74) is 7.85. The normalized spacial score (nSPS) is 14.2. The van der Waals surface area contributed by atoms with E-state index < -0.39 is 0 Å². The van der Waals surface area contributed by atoms with E-state index >= 15 is 0 Å². The molecule has 0 aliphatic heterocycles. The zero-order valence-electron chi connectivity index (χ0n) is 12.5. The molecule has 0 aliphatic rings. The molecule has 0 saturated carbocycles. The van der Waals surface area contributed by atoms with Gasteiger partial charge in [-0.2, -0.15) is 5.10 Å². The largest absolute Gasteiger partial charge is 0.326 e. The molecule has 0 aromatic carbocycles. The molecule has 2 N–H and O–H groups in total. The first kappa shape index (κ1) is 15.2. The second kappa shape index (κ2) is 6.34. The minimum atomic E-state index is 0.113. The number of aryl methyl sites for hydroxylation is 2. The third kappa shape index (κ3) is 3.12. The van der Waals surface area contributed by atoms with Gasteiger partial charge in [0.1, 0.15) is 0 Å². The highest BCUT2D eigenvalue weighted by atomic mass is 15.2. The van der Waals surface area contributed by atoms with Crippen molar-refractivity contribution < 1.29 is 0 Å². The van der Waals surface area contributed by atoms with Crippen LogP contribution in [0.15, 0.2) is 12.4 Å². The molecule has 0 saturated heterocycles. The van der Waals surface area contributed by atoms with Gasteiger partial charge < -0.3 is 10.6 Å². The molecule has 18 heavy (non-hydrogen) atoms. The second-order valence-corrected chi connectivity index (χ2v) is 5.37. The van der Waals surface area contributed by atoms with Gasteiger partial charge in [-0.3, -0.25) is 4.68 Å². The molecule has 1 unspecified atom stereocenters. The molecular formula is C14H28N4. The molecule has 0 aliphatic carbocycles. The van der Waals surface area contributed by atoms with Crippen molar-refractivity contribution in [2.24, 2.45) is 12.8 Å². The molecular weight excluding hydrogens is 224 g/mol. The average molecular weight is 252 g/mol.